The molecule has 1 atom stereocenters. The van der Waals surface area contributed by atoms with Gasteiger partial charge in [0.2, 0.25) is 0 Å². The van der Waals surface area contributed by atoms with E-state index in [9.17, 15) is 8.78 Å². The molecule has 1 rings (SSSR count). The van der Waals surface area contributed by atoms with Crippen molar-refractivity contribution in [2.45, 2.75) is 19.4 Å². The molecule has 1 fully saturated rings. The molecule has 0 amide bonds. The number of rotatable bonds is 2. The summed E-state index contributed by atoms with van der Waals surface area (Å²) >= 11 is 0. The maximum absolute atomic E-state index is 12.3. The number of halogens is 2. The molecule has 0 aromatic carbocycles. The van der Waals surface area contributed by atoms with Gasteiger partial charge in [0.05, 0.1) is 6.04 Å². The molecule has 2 nitrogen and oxygen atoms in total. The van der Waals surface area contributed by atoms with Gasteiger partial charge in [-0.3, -0.25) is 4.90 Å². The van der Waals surface area contributed by atoms with Gasteiger partial charge in [0.15, 0.2) is 0 Å². The van der Waals surface area contributed by atoms with Gasteiger partial charge in [-0.25, -0.2) is 8.78 Å². The van der Waals surface area contributed by atoms with Crippen LogP contribution in [0.1, 0.15) is 6.92 Å². The number of alkyl halides is 2. The van der Waals surface area contributed by atoms with Crippen molar-refractivity contribution in [3.8, 4) is 0 Å². The first-order chi connectivity index (χ1) is 5.61. The Morgan fingerprint density at radius 3 is 2.00 bits per heavy atom. The van der Waals surface area contributed by atoms with Crippen LogP contribution in [0.5, 0.6) is 0 Å². The van der Waals surface area contributed by atoms with Crippen molar-refractivity contribution in [1.29, 1.82) is 0 Å². The van der Waals surface area contributed by atoms with Crippen LogP contribution < -0.4 is 0 Å². The molecule has 0 aliphatic carbocycles. The van der Waals surface area contributed by atoms with Crippen LogP contribution in [-0.2, 0) is 0 Å². The predicted octanol–water partition coefficient (Wildman–Crippen LogP) is 0.887. The number of piperazine rings is 1. The van der Waals surface area contributed by atoms with Gasteiger partial charge in [0.25, 0.3) is 6.43 Å². The summed E-state index contributed by atoms with van der Waals surface area (Å²) in [5, 5.41) is 0. The predicted molar refractivity (Wildman–Crippen MR) is 44.5 cm³/mol. The largest absolute Gasteiger partial charge is 0.304 e. The molecule has 1 aliphatic rings. The second-order valence-electron chi connectivity index (χ2n) is 3.41. The molecule has 0 bridgehead atoms. The van der Waals surface area contributed by atoms with E-state index in [-0.39, 0.29) is 0 Å². The smallest absolute Gasteiger partial charge is 0.253 e. The molecule has 0 saturated carbocycles. The lowest BCUT2D eigenvalue weighted by Crippen LogP contribution is -2.50. The zero-order valence-corrected chi connectivity index (χ0v) is 7.63. The first-order valence-electron chi connectivity index (χ1n) is 4.32. The van der Waals surface area contributed by atoms with Gasteiger partial charge in [0, 0.05) is 26.2 Å². The molecule has 0 spiro atoms. The van der Waals surface area contributed by atoms with Crippen molar-refractivity contribution in [3.63, 3.8) is 0 Å². The summed E-state index contributed by atoms with van der Waals surface area (Å²) in [5.74, 6) is 0. The second-order valence-corrected chi connectivity index (χ2v) is 3.41. The normalized spacial score (nSPS) is 24.8. The van der Waals surface area contributed by atoms with Crippen LogP contribution in [0.3, 0.4) is 0 Å². The van der Waals surface area contributed by atoms with E-state index < -0.39 is 12.5 Å². The van der Waals surface area contributed by atoms with Crippen LogP contribution in [0.4, 0.5) is 8.78 Å². The summed E-state index contributed by atoms with van der Waals surface area (Å²) in [6.45, 7) is 4.92. The van der Waals surface area contributed by atoms with Crippen molar-refractivity contribution < 1.29 is 8.78 Å². The molecule has 0 N–H and O–H groups in total. The summed E-state index contributed by atoms with van der Waals surface area (Å²) in [7, 11) is 2.02. The maximum Gasteiger partial charge on any atom is 0.253 e. The lowest BCUT2D eigenvalue weighted by Gasteiger charge is -2.35. The van der Waals surface area contributed by atoms with Crippen molar-refractivity contribution in [2.24, 2.45) is 0 Å². The molecule has 72 valence electrons. The number of likely N-dealkylation sites (N-methyl/N-ethyl adjacent to an activating group) is 1. The van der Waals surface area contributed by atoms with Crippen molar-refractivity contribution >= 4 is 0 Å². The van der Waals surface area contributed by atoms with Gasteiger partial charge in [0.1, 0.15) is 0 Å². The van der Waals surface area contributed by atoms with Crippen LogP contribution in [0.25, 0.3) is 0 Å². The van der Waals surface area contributed by atoms with Gasteiger partial charge >= 0.3 is 0 Å². The first kappa shape index (κ1) is 9.86. The van der Waals surface area contributed by atoms with Crippen LogP contribution in [0.2, 0.25) is 0 Å². The average Bonchev–Trinajstić information content (AvgIpc) is 2.04. The first-order valence-corrected chi connectivity index (χ1v) is 4.32. The number of hydrogen-bond acceptors (Lipinski definition) is 2. The maximum atomic E-state index is 12.3. The van der Waals surface area contributed by atoms with Crippen molar-refractivity contribution in [1.82, 2.24) is 9.80 Å². The fourth-order valence-corrected chi connectivity index (χ4v) is 1.39. The van der Waals surface area contributed by atoms with Gasteiger partial charge in [-0.15, -0.1) is 0 Å². The average molecular weight is 178 g/mol. The summed E-state index contributed by atoms with van der Waals surface area (Å²) < 4.78 is 24.5. The number of hydrogen-bond donors (Lipinski definition) is 0. The Morgan fingerprint density at radius 2 is 1.58 bits per heavy atom. The second kappa shape index (κ2) is 4.14. The minimum atomic E-state index is -2.21. The molecular formula is C8H16F2N2. The molecule has 1 aliphatic heterocycles. The lowest BCUT2D eigenvalue weighted by molar-refractivity contribution is 0.0131. The summed E-state index contributed by atoms with van der Waals surface area (Å²) in [6.07, 6.45) is -2.21. The van der Waals surface area contributed by atoms with Crippen molar-refractivity contribution in [2.75, 3.05) is 33.2 Å². The zero-order chi connectivity index (χ0) is 9.14. The minimum Gasteiger partial charge on any atom is -0.304 e. The monoisotopic (exact) mass is 178 g/mol. The third-order valence-corrected chi connectivity index (χ3v) is 2.48. The number of nitrogens with zero attached hydrogens (tertiary/aromatic N) is 2. The van der Waals surface area contributed by atoms with Gasteiger partial charge in [-0.1, -0.05) is 0 Å². The van der Waals surface area contributed by atoms with E-state index in [0.29, 0.717) is 0 Å². The summed E-state index contributed by atoms with van der Waals surface area (Å²) in [5.41, 5.74) is 0. The molecule has 0 radical (unpaired) electrons. The molecular weight excluding hydrogens is 162 g/mol. The molecule has 1 saturated heterocycles. The van der Waals surface area contributed by atoms with E-state index in [0.717, 1.165) is 26.2 Å². The quantitative estimate of drug-likeness (QED) is 0.619. The fraction of sp³-hybridized carbons (Fsp3) is 1.00. The van der Waals surface area contributed by atoms with Crippen LogP contribution in [0.15, 0.2) is 0 Å². The van der Waals surface area contributed by atoms with Gasteiger partial charge in [-0.05, 0) is 14.0 Å². The molecule has 0 aromatic rings. The van der Waals surface area contributed by atoms with E-state index in [2.05, 4.69) is 4.90 Å². The fourth-order valence-electron chi connectivity index (χ4n) is 1.39. The highest BCUT2D eigenvalue weighted by Gasteiger charge is 2.24. The third kappa shape index (κ3) is 2.38. The van der Waals surface area contributed by atoms with Gasteiger partial charge in [-0.2, -0.15) is 0 Å². The Balaban J connectivity index is 2.34. The molecule has 4 heteroatoms. The molecule has 1 heterocycles. The minimum absolute atomic E-state index is 0.585. The highest BCUT2D eigenvalue weighted by Crippen LogP contribution is 2.11. The Morgan fingerprint density at radius 1 is 1.08 bits per heavy atom. The van der Waals surface area contributed by atoms with E-state index >= 15 is 0 Å². The molecule has 12 heavy (non-hydrogen) atoms. The Labute approximate surface area is 72.1 Å². The van der Waals surface area contributed by atoms with Crippen LogP contribution in [-0.4, -0.2) is 55.5 Å². The highest BCUT2D eigenvalue weighted by molar-refractivity contribution is 4.75. The molecule has 1 unspecified atom stereocenters. The van der Waals surface area contributed by atoms with E-state index in [1.165, 1.54) is 0 Å². The van der Waals surface area contributed by atoms with E-state index in [4.69, 9.17) is 0 Å². The zero-order valence-electron chi connectivity index (χ0n) is 7.63. The summed E-state index contributed by atoms with van der Waals surface area (Å²) in [6, 6.07) is -0.585. The van der Waals surface area contributed by atoms with Crippen LogP contribution in [0, 0.1) is 0 Å². The topological polar surface area (TPSA) is 6.48 Å². The standard InChI is InChI=1S/C8H16F2N2/c1-7(8(9)10)12-5-3-11(2)4-6-12/h7-8H,3-6H2,1-2H3. The Hall–Kier alpha value is -0.220. The van der Waals surface area contributed by atoms with Crippen LogP contribution >= 0.6 is 0 Å². The highest BCUT2D eigenvalue weighted by atomic mass is 19.3. The lowest BCUT2D eigenvalue weighted by atomic mass is 10.2. The Bertz CT molecular complexity index is 133. The van der Waals surface area contributed by atoms with E-state index in [1.54, 1.807) is 6.92 Å². The van der Waals surface area contributed by atoms with E-state index in [1.807, 2.05) is 11.9 Å². The van der Waals surface area contributed by atoms with Gasteiger partial charge < -0.3 is 4.90 Å². The van der Waals surface area contributed by atoms with Crippen molar-refractivity contribution in [3.05, 3.63) is 0 Å². The Kier molecular flexibility index (Phi) is 3.40. The SMILES string of the molecule is CC(C(F)F)N1CCN(C)CC1. The third-order valence-electron chi connectivity index (χ3n) is 2.48. The molecule has 0 aromatic heterocycles. The summed E-state index contributed by atoms with van der Waals surface area (Å²) in [4.78, 5) is 4.01.